The number of hydrogen-bond donors (Lipinski definition) is 2. The minimum absolute atomic E-state index is 0.0761. The number of nitrogens with zero attached hydrogens (tertiary/aromatic N) is 3. The molecule has 9 heteroatoms. The van der Waals surface area contributed by atoms with Gasteiger partial charge in [-0.15, -0.1) is 11.3 Å². The minimum Gasteiger partial charge on any atom is -0.480 e. The number of amides is 3. The van der Waals surface area contributed by atoms with Crippen LogP contribution in [0.3, 0.4) is 0 Å². The lowest BCUT2D eigenvalue weighted by atomic mass is 10.2. The van der Waals surface area contributed by atoms with Crippen molar-refractivity contribution < 1.29 is 19.5 Å². The first-order chi connectivity index (χ1) is 9.90. The maximum Gasteiger partial charge on any atom is 0.328 e. The molecule has 2 N–H and O–H groups in total. The number of carbonyl (C=O) groups excluding carboxylic acids is 2. The van der Waals surface area contributed by atoms with Gasteiger partial charge in [-0.1, -0.05) is 0 Å². The fourth-order valence-electron chi connectivity index (χ4n) is 2.04. The highest BCUT2D eigenvalue weighted by Crippen LogP contribution is 2.16. The second-order valence-electron chi connectivity index (χ2n) is 4.79. The van der Waals surface area contributed by atoms with Gasteiger partial charge in [0.25, 0.3) is 0 Å². The highest BCUT2D eigenvalue weighted by Gasteiger charge is 2.36. The molecule has 2 rings (SSSR count). The van der Waals surface area contributed by atoms with Gasteiger partial charge in [-0.2, -0.15) is 0 Å². The van der Waals surface area contributed by atoms with Crippen LogP contribution in [0.4, 0.5) is 4.79 Å². The zero-order valence-electron chi connectivity index (χ0n) is 11.7. The molecule has 1 aliphatic rings. The summed E-state index contributed by atoms with van der Waals surface area (Å²) in [4.78, 5) is 42.5. The lowest BCUT2D eigenvalue weighted by molar-refractivity contribution is -0.144. The number of carbonyl (C=O) groups is 3. The van der Waals surface area contributed by atoms with E-state index < -0.39 is 18.0 Å². The molecule has 1 aromatic heterocycles. The van der Waals surface area contributed by atoms with E-state index in [4.69, 9.17) is 5.11 Å². The molecule has 2 heterocycles. The Labute approximate surface area is 125 Å². The molecule has 0 saturated carbocycles. The van der Waals surface area contributed by atoms with Crippen molar-refractivity contribution in [2.75, 3.05) is 20.1 Å². The number of nitrogens with one attached hydrogen (secondary N) is 1. The van der Waals surface area contributed by atoms with E-state index >= 15 is 0 Å². The number of carboxylic acids is 1. The molecule has 3 amide bonds. The molecule has 1 aromatic rings. The minimum atomic E-state index is -1.13. The number of aliphatic carboxylic acids is 1. The molecule has 114 valence electrons. The van der Waals surface area contributed by atoms with E-state index in [0.717, 1.165) is 15.5 Å². The summed E-state index contributed by atoms with van der Waals surface area (Å²) in [5.41, 5.74) is 2.53. The van der Waals surface area contributed by atoms with Gasteiger partial charge in [0, 0.05) is 18.5 Å². The Morgan fingerprint density at radius 3 is 2.90 bits per heavy atom. The molecule has 0 bridgehead atoms. The van der Waals surface area contributed by atoms with Gasteiger partial charge in [-0.25, -0.2) is 14.6 Å². The molecule has 1 fully saturated rings. The van der Waals surface area contributed by atoms with Crippen molar-refractivity contribution in [1.29, 1.82) is 0 Å². The summed E-state index contributed by atoms with van der Waals surface area (Å²) in [6.07, 6.45) is 0. The van der Waals surface area contributed by atoms with Crippen LogP contribution in [0.15, 0.2) is 5.51 Å². The molecular weight excluding hydrogens is 296 g/mol. The van der Waals surface area contributed by atoms with Gasteiger partial charge in [-0.05, 0) is 6.92 Å². The summed E-state index contributed by atoms with van der Waals surface area (Å²) in [7, 11) is 1.58. The van der Waals surface area contributed by atoms with Gasteiger partial charge in [0.2, 0.25) is 5.91 Å². The number of urea groups is 1. The SMILES string of the molecule is Cc1ncsc1CN(C)C(=O)N1CC(=O)NCC1C(=O)O. The Balaban J connectivity index is 2.10. The third-order valence-corrected chi connectivity index (χ3v) is 4.19. The second kappa shape index (κ2) is 6.08. The molecule has 0 aromatic carbocycles. The zero-order chi connectivity index (χ0) is 15.6. The van der Waals surface area contributed by atoms with Crippen LogP contribution in [0.2, 0.25) is 0 Å². The predicted molar refractivity (Wildman–Crippen MR) is 74.9 cm³/mol. The van der Waals surface area contributed by atoms with Crippen LogP contribution in [0.1, 0.15) is 10.6 Å². The summed E-state index contributed by atoms with van der Waals surface area (Å²) in [6.45, 7) is 1.85. The summed E-state index contributed by atoms with van der Waals surface area (Å²) < 4.78 is 0. The molecule has 1 aliphatic heterocycles. The Hall–Kier alpha value is -2.16. The highest BCUT2D eigenvalue weighted by atomic mass is 32.1. The van der Waals surface area contributed by atoms with Crippen molar-refractivity contribution in [3.8, 4) is 0 Å². The smallest absolute Gasteiger partial charge is 0.328 e. The largest absolute Gasteiger partial charge is 0.480 e. The average Bonchev–Trinajstić information content (AvgIpc) is 2.83. The molecule has 1 saturated heterocycles. The molecule has 1 atom stereocenters. The van der Waals surface area contributed by atoms with Gasteiger partial charge in [0.15, 0.2) is 0 Å². The van der Waals surface area contributed by atoms with Crippen molar-refractivity contribution in [2.24, 2.45) is 0 Å². The molecule has 1 unspecified atom stereocenters. The fraction of sp³-hybridized carbons (Fsp3) is 0.500. The molecule has 0 spiro atoms. The molecule has 0 radical (unpaired) electrons. The predicted octanol–water partition coefficient (Wildman–Crippen LogP) is -0.112. The number of hydrogen-bond acceptors (Lipinski definition) is 5. The van der Waals surface area contributed by atoms with Crippen molar-refractivity contribution in [1.82, 2.24) is 20.1 Å². The van der Waals surface area contributed by atoms with E-state index in [2.05, 4.69) is 10.3 Å². The first-order valence-electron chi connectivity index (χ1n) is 6.30. The fourth-order valence-corrected chi connectivity index (χ4v) is 2.87. The Bertz CT molecular complexity index is 573. The van der Waals surface area contributed by atoms with Crippen LogP contribution in [0.25, 0.3) is 0 Å². The van der Waals surface area contributed by atoms with Crippen LogP contribution in [-0.4, -0.2) is 64.0 Å². The van der Waals surface area contributed by atoms with E-state index in [9.17, 15) is 14.4 Å². The van der Waals surface area contributed by atoms with Gasteiger partial charge in [-0.3, -0.25) is 9.69 Å². The Morgan fingerprint density at radius 1 is 1.62 bits per heavy atom. The third-order valence-electron chi connectivity index (χ3n) is 3.27. The Kier molecular flexibility index (Phi) is 4.41. The van der Waals surface area contributed by atoms with E-state index in [0.29, 0.717) is 6.54 Å². The molecule has 0 aliphatic carbocycles. The van der Waals surface area contributed by atoms with Gasteiger partial charge >= 0.3 is 12.0 Å². The van der Waals surface area contributed by atoms with Crippen LogP contribution >= 0.6 is 11.3 Å². The van der Waals surface area contributed by atoms with Gasteiger partial charge < -0.3 is 15.3 Å². The standard InChI is InChI=1S/C12H16N4O4S/c1-7-9(21-6-14-7)4-15(2)12(20)16-5-10(17)13-3-8(16)11(18)19/h6,8H,3-5H2,1-2H3,(H,13,17)(H,18,19). The molecular formula is C12H16N4O4S. The number of aryl methyl sites for hydroxylation is 1. The van der Waals surface area contributed by atoms with Crippen molar-refractivity contribution >= 4 is 29.2 Å². The van der Waals surface area contributed by atoms with Crippen LogP contribution in [0, 0.1) is 6.92 Å². The first-order valence-corrected chi connectivity index (χ1v) is 7.18. The number of piperazine rings is 1. The number of rotatable bonds is 3. The first kappa shape index (κ1) is 15.2. The van der Waals surface area contributed by atoms with E-state index in [-0.39, 0.29) is 19.0 Å². The maximum atomic E-state index is 12.4. The third kappa shape index (κ3) is 3.30. The summed E-state index contributed by atoms with van der Waals surface area (Å²) in [5.74, 6) is -1.49. The van der Waals surface area contributed by atoms with Crippen LogP contribution < -0.4 is 5.32 Å². The number of carboxylic acid groups (broad SMARTS) is 1. The topological polar surface area (TPSA) is 103 Å². The Morgan fingerprint density at radius 2 is 2.33 bits per heavy atom. The maximum absolute atomic E-state index is 12.4. The lowest BCUT2D eigenvalue weighted by Crippen LogP contribution is -2.61. The number of thiazole rings is 1. The number of aromatic nitrogens is 1. The van der Waals surface area contributed by atoms with E-state index in [1.807, 2.05) is 6.92 Å². The van der Waals surface area contributed by atoms with Crippen molar-refractivity contribution in [2.45, 2.75) is 19.5 Å². The molecule has 21 heavy (non-hydrogen) atoms. The average molecular weight is 312 g/mol. The molecule has 8 nitrogen and oxygen atoms in total. The van der Waals surface area contributed by atoms with Crippen LogP contribution in [0.5, 0.6) is 0 Å². The normalized spacial score (nSPS) is 18.3. The second-order valence-corrected chi connectivity index (χ2v) is 5.72. The van der Waals surface area contributed by atoms with Crippen LogP contribution in [-0.2, 0) is 16.1 Å². The van der Waals surface area contributed by atoms with E-state index in [1.165, 1.54) is 16.2 Å². The monoisotopic (exact) mass is 312 g/mol. The quantitative estimate of drug-likeness (QED) is 0.810. The lowest BCUT2D eigenvalue weighted by Gasteiger charge is -2.35. The summed E-state index contributed by atoms with van der Waals surface area (Å²) in [6, 6.07) is -1.52. The zero-order valence-corrected chi connectivity index (χ0v) is 12.5. The van der Waals surface area contributed by atoms with Crippen molar-refractivity contribution in [3.63, 3.8) is 0 Å². The van der Waals surface area contributed by atoms with Gasteiger partial charge in [0.05, 0.1) is 17.7 Å². The van der Waals surface area contributed by atoms with Gasteiger partial charge in [0.1, 0.15) is 12.6 Å². The highest BCUT2D eigenvalue weighted by molar-refractivity contribution is 7.09. The summed E-state index contributed by atoms with van der Waals surface area (Å²) in [5, 5.41) is 11.6. The summed E-state index contributed by atoms with van der Waals surface area (Å²) >= 11 is 1.43. The van der Waals surface area contributed by atoms with E-state index in [1.54, 1.807) is 12.6 Å². The van der Waals surface area contributed by atoms with Crippen molar-refractivity contribution in [3.05, 3.63) is 16.1 Å².